The van der Waals surface area contributed by atoms with E-state index in [1.807, 2.05) is 37.3 Å². The number of benzene rings is 1. The molecule has 0 atom stereocenters. The molecule has 1 fully saturated rings. The van der Waals surface area contributed by atoms with Crippen LogP contribution in [-0.4, -0.2) is 18.1 Å². The van der Waals surface area contributed by atoms with Gasteiger partial charge >= 0.3 is 0 Å². The molecule has 0 bridgehead atoms. The predicted octanol–water partition coefficient (Wildman–Crippen LogP) is 4.37. The largest absolute Gasteiger partial charge is 0.439 e. The Morgan fingerprint density at radius 3 is 2.64 bits per heavy atom. The van der Waals surface area contributed by atoms with Gasteiger partial charge in [0, 0.05) is 11.8 Å². The first-order valence-corrected chi connectivity index (χ1v) is 7.41. The molecular weight excluding hydrogens is 296 g/mol. The Kier molecular flexibility index (Phi) is 5.99. The minimum Gasteiger partial charge on any atom is -0.439 e. The molecule has 0 radical (unpaired) electrons. The van der Waals surface area contributed by atoms with Gasteiger partial charge < -0.3 is 10.1 Å². The van der Waals surface area contributed by atoms with Gasteiger partial charge in [-0.2, -0.15) is 0 Å². The number of nitrogens with one attached hydrogen (secondary N) is 1. The van der Waals surface area contributed by atoms with Gasteiger partial charge in [0.2, 0.25) is 5.88 Å². The van der Waals surface area contributed by atoms with E-state index < -0.39 is 0 Å². The summed E-state index contributed by atoms with van der Waals surface area (Å²) < 4.78 is 5.84. The third-order valence-electron chi connectivity index (χ3n) is 3.56. The van der Waals surface area contributed by atoms with Crippen LogP contribution < -0.4 is 10.1 Å². The molecule has 3 rings (SSSR count). The molecule has 0 spiro atoms. The van der Waals surface area contributed by atoms with Crippen LogP contribution in [0.15, 0.2) is 48.0 Å². The lowest BCUT2D eigenvalue weighted by molar-refractivity contribution is 0.461. The summed E-state index contributed by atoms with van der Waals surface area (Å²) >= 11 is 0. The first kappa shape index (κ1) is 16.5. The third kappa shape index (κ3) is 4.58. The molecule has 1 aliphatic heterocycles. The molecule has 1 aromatic carbocycles. The second-order valence-electron chi connectivity index (χ2n) is 5.34. The fourth-order valence-electron chi connectivity index (χ4n) is 2.49. The number of pyridine rings is 1. The summed E-state index contributed by atoms with van der Waals surface area (Å²) in [6.07, 6.45) is 4.53. The van der Waals surface area contributed by atoms with Crippen molar-refractivity contribution in [1.29, 1.82) is 0 Å². The van der Waals surface area contributed by atoms with Crippen molar-refractivity contribution in [2.24, 2.45) is 0 Å². The fourth-order valence-corrected chi connectivity index (χ4v) is 2.49. The van der Waals surface area contributed by atoms with Crippen LogP contribution in [0.4, 0.5) is 0 Å². The van der Waals surface area contributed by atoms with Gasteiger partial charge in [0.05, 0.1) is 0 Å². The number of nitrogens with zero attached hydrogens (tertiary/aromatic N) is 1. The molecule has 1 N–H and O–H groups in total. The van der Waals surface area contributed by atoms with Crippen LogP contribution in [0.25, 0.3) is 6.08 Å². The number of rotatable bonds is 3. The van der Waals surface area contributed by atoms with Crippen LogP contribution in [0.5, 0.6) is 11.6 Å². The summed E-state index contributed by atoms with van der Waals surface area (Å²) in [6.45, 7) is 4.12. The number of piperidine rings is 1. The first-order valence-electron chi connectivity index (χ1n) is 7.41. The van der Waals surface area contributed by atoms with Gasteiger partial charge in [0.1, 0.15) is 5.75 Å². The van der Waals surface area contributed by atoms with Crippen molar-refractivity contribution in [2.75, 3.05) is 13.1 Å². The van der Waals surface area contributed by atoms with Gasteiger partial charge in [-0.25, -0.2) is 4.98 Å². The zero-order chi connectivity index (χ0) is 14.5. The molecule has 1 aliphatic rings. The summed E-state index contributed by atoms with van der Waals surface area (Å²) in [7, 11) is 0. The normalized spacial score (nSPS) is 14.1. The maximum absolute atomic E-state index is 5.84. The van der Waals surface area contributed by atoms with Gasteiger partial charge in [-0.15, -0.1) is 12.4 Å². The highest BCUT2D eigenvalue weighted by Gasteiger charge is 2.05. The maximum atomic E-state index is 5.84. The van der Waals surface area contributed by atoms with Gasteiger partial charge in [-0.1, -0.05) is 29.8 Å². The quantitative estimate of drug-likeness (QED) is 0.913. The first-order chi connectivity index (χ1) is 10.3. The van der Waals surface area contributed by atoms with E-state index in [9.17, 15) is 0 Å². The SMILES string of the molecule is Cc1cccc(Oc2cccc(C=C3CCNCC3)c2)n1.Cl. The zero-order valence-electron chi connectivity index (χ0n) is 12.7. The minimum atomic E-state index is 0. The van der Waals surface area contributed by atoms with Crippen molar-refractivity contribution in [2.45, 2.75) is 19.8 Å². The standard InChI is InChI=1S/C18H20N2O.ClH/c1-14-4-2-7-18(20-14)21-17-6-3-5-16(13-17)12-15-8-10-19-11-9-15;/h2-7,12-13,19H,8-11H2,1H3;1H. The van der Waals surface area contributed by atoms with E-state index in [1.54, 1.807) is 0 Å². The van der Waals surface area contributed by atoms with E-state index in [1.165, 1.54) is 11.1 Å². The van der Waals surface area contributed by atoms with Crippen LogP contribution in [-0.2, 0) is 0 Å². The third-order valence-corrected chi connectivity index (χ3v) is 3.56. The number of aromatic nitrogens is 1. The highest BCUT2D eigenvalue weighted by Crippen LogP contribution is 2.23. The second kappa shape index (κ2) is 7.97. The molecule has 22 heavy (non-hydrogen) atoms. The smallest absolute Gasteiger partial charge is 0.219 e. The summed E-state index contributed by atoms with van der Waals surface area (Å²) in [4.78, 5) is 4.37. The lowest BCUT2D eigenvalue weighted by Gasteiger charge is -2.15. The Morgan fingerprint density at radius 1 is 1.09 bits per heavy atom. The van der Waals surface area contributed by atoms with Crippen LogP contribution in [0.1, 0.15) is 24.1 Å². The molecule has 3 nitrogen and oxygen atoms in total. The fraction of sp³-hybridized carbons (Fsp3) is 0.278. The van der Waals surface area contributed by atoms with E-state index in [-0.39, 0.29) is 12.4 Å². The average molecular weight is 317 g/mol. The lowest BCUT2D eigenvalue weighted by Crippen LogP contribution is -2.22. The Morgan fingerprint density at radius 2 is 1.86 bits per heavy atom. The van der Waals surface area contributed by atoms with E-state index in [2.05, 4.69) is 28.5 Å². The van der Waals surface area contributed by atoms with E-state index in [0.717, 1.165) is 37.4 Å². The summed E-state index contributed by atoms with van der Waals surface area (Å²) in [5, 5.41) is 3.38. The molecule has 1 saturated heterocycles. The maximum Gasteiger partial charge on any atom is 0.219 e. The van der Waals surface area contributed by atoms with E-state index in [4.69, 9.17) is 4.74 Å². The van der Waals surface area contributed by atoms with Crippen LogP contribution in [0.2, 0.25) is 0 Å². The summed E-state index contributed by atoms with van der Waals surface area (Å²) in [5.41, 5.74) is 3.65. The summed E-state index contributed by atoms with van der Waals surface area (Å²) in [5.74, 6) is 1.47. The van der Waals surface area contributed by atoms with Crippen LogP contribution in [0.3, 0.4) is 0 Å². The van der Waals surface area contributed by atoms with E-state index in [0.29, 0.717) is 5.88 Å². The summed E-state index contributed by atoms with van der Waals surface area (Å²) in [6, 6.07) is 14.0. The van der Waals surface area contributed by atoms with Crippen LogP contribution >= 0.6 is 12.4 Å². The molecule has 0 unspecified atom stereocenters. The van der Waals surface area contributed by atoms with Crippen molar-refractivity contribution in [3.8, 4) is 11.6 Å². The molecule has 2 aromatic rings. The van der Waals surface area contributed by atoms with Crippen molar-refractivity contribution >= 4 is 18.5 Å². The molecule has 0 amide bonds. The highest BCUT2D eigenvalue weighted by molar-refractivity contribution is 5.85. The zero-order valence-corrected chi connectivity index (χ0v) is 13.5. The minimum absolute atomic E-state index is 0. The Bertz CT molecular complexity index is 647. The Hall–Kier alpha value is -1.84. The average Bonchev–Trinajstić information content (AvgIpc) is 2.49. The number of halogens is 1. The highest BCUT2D eigenvalue weighted by atomic mass is 35.5. The second-order valence-corrected chi connectivity index (χ2v) is 5.34. The molecule has 0 aliphatic carbocycles. The van der Waals surface area contributed by atoms with Gasteiger partial charge in [-0.05, 0) is 56.6 Å². The molecule has 4 heteroatoms. The Labute approximate surface area is 137 Å². The van der Waals surface area contributed by atoms with Gasteiger partial charge in [0.25, 0.3) is 0 Å². The van der Waals surface area contributed by atoms with Crippen molar-refractivity contribution in [3.05, 3.63) is 59.3 Å². The Balaban J connectivity index is 0.00000176. The van der Waals surface area contributed by atoms with Crippen molar-refractivity contribution < 1.29 is 4.74 Å². The molecular formula is C18H21ClN2O. The number of hydrogen-bond acceptors (Lipinski definition) is 3. The molecule has 116 valence electrons. The van der Waals surface area contributed by atoms with Crippen LogP contribution in [0, 0.1) is 6.92 Å². The predicted molar refractivity (Wildman–Crippen MR) is 92.8 cm³/mol. The number of ether oxygens (including phenoxy) is 1. The van der Waals surface area contributed by atoms with Gasteiger partial charge in [0.15, 0.2) is 0 Å². The molecule has 1 aromatic heterocycles. The van der Waals surface area contributed by atoms with E-state index >= 15 is 0 Å². The number of aryl methyl sites for hydroxylation is 1. The lowest BCUT2D eigenvalue weighted by atomic mass is 10.0. The number of hydrogen-bond donors (Lipinski definition) is 1. The van der Waals surface area contributed by atoms with Gasteiger partial charge in [-0.3, -0.25) is 0 Å². The monoisotopic (exact) mass is 316 g/mol. The van der Waals surface area contributed by atoms with Crippen molar-refractivity contribution in [3.63, 3.8) is 0 Å². The molecule has 2 heterocycles. The molecule has 0 saturated carbocycles. The topological polar surface area (TPSA) is 34.1 Å². The van der Waals surface area contributed by atoms with Crippen molar-refractivity contribution in [1.82, 2.24) is 10.3 Å².